The van der Waals surface area contributed by atoms with E-state index in [0.29, 0.717) is 0 Å². The number of hydrogen-bond donors (Lipinski definition) is 0. The van der Waals surface area contributed by atoms with Crippen LogP contribution in [0.1, 0.15) is 217 Å². The maximum atomic E-state index is 2.64. The third-order valence-electron chi connectivity index (χ3n) is 10.4. The third-order valence-corrected chi connectivity index (χ3v) is 10.4. The van der Waals surface area contributed by atoms with Crippen molar-refractivity contribution in [2.75, 3.05) is 72.0 Å². The van der Waals surface area contributed by atoms with Crippen LogP contribution in [0.4, 0.5) is 0 Å². The second kappa shape index (κ2) is 40.3. The Morgan fingerprint density at radius 2 is 0.383 bits per heavy atom. The van der Waals surface area contributed by atoms with Crippen molar-refractivity contribution in [2.24, 2.45) is 0 Å². The molecule has 0 saturated carbocycles. The lowest BCUT2D eigenvalue weighted by molar-refractivity contribution is -0.929. The molecule has 0 unspecified atom stereocenters. The minimum absolute atomic E-state index is 1.32. The van der Waals surface area contributed by atoms with E-state index in [1.54, 1.807) is 0 Å². The molecule has 0 aliphatic rings. The third kappa shape index (κ3) is 32.8. The molecule has 0 spiro atoms. The molecule has 0 aromatic heterocycles. The van der Waals surface area contributed by atoms with E-state index in [-0.39, 0.29) is 0 Å². The summed E-state index contributed by atoms with van der Waals surface area (Å²) >= 11 is 0. The molecule has 287 valence electrons. The minimum atomic E-state index is 1.32. The fourth-order valence-corrected chi connectivity index (χ4v) is 6.77. The van der Waals surface area contributed by atoms with Crippen molar-refractivity contribution in [2.45, 2.75) is 217 Å². The lowest BCUT2D eigenvalue weighted by Gasteiger charge is -2.39. The quantitative estimate of drug-likeness (QED) is 0.0484. The Balaban J connectivity index is -0.000000625. The molecule has 0 aromatic carbocycles. The lowest BCUT2D eigenvalue weighted by Crippen LogP contribution is -2.50. The molecule has 0 aliphatic heterocycles. The van der Waals surface area contributed by atoms with E-state index in [4.69, 9.17) is 0 Å². The van der Waals surface area contributed by atoms with Crippen LogP contribution in [0, 0.1) is 0 Å². The minimum Gasteiger partial charge on any atom is -0.324 e. The van der Waals surface area contributed by atoms with Crippen molar-refractivity contribution < 1.29 is 8.97 Å². The fourth-order valence-electron chi connectivity index (χ4n) is 6.77. The highest BCUT2D eigenvalue weighted by atomic mass is 15.4. The summed E-state index contributed by atoms with van der Waals surface area (Å²) in [4.78, 5) is 2.64. The van der Waals surface area contributed by atoms with E-state index in [1.165, 1.54) is 222 Å². The topological polar surface area (TPSA) is 5.90 Å². The van der Waals surface area contributed by atoms with Crippen LogP contribution in [0.15, 0.2) is 0 Å². The molecule has 3 heteroatoms. The Hall–Kier alpha value is -0.120. The maximum Gasteiger partial charge on any atom is 0.122 e. The van der Waals surface area contributed by atoms with E-state index < -0.39 is 0 Å². The van der Waals surface area contributed by atoms with Crippen molar-refractivity contribution >= 4 is 0 Å². The van der Waals surface area contributed by atoms with E-state index in [9.17, 15) is 0 Å². The van der Waals surface area contributed by atoms with Gasteiger partial charge in [-0.15, -0.1) is 0 Å². The first-order valence-corrected chi connectivity index (χ1v) is 22.3. The van der Waals surface area contributed by atoms with Gasteiger partial charge in [0, 0.05) is 19.3 Å². The van der Waals surface area contributed by atoms with Gasteiger partial charge < -0.3 is 8.97 Å². The number of hydrogen-bond acceptors (Lipinski definition) is 1. The Morgan fingerprint density at radius 3 is 0.511 bits per heavy atom. The van der Waals surface area contributed by atoms with Gasteiger partial charge in [-0.25, -0.2) is 0 Å². The van der Waals surface area contributed by atoms with Crippen LogP contribution in [0.5, 0.6) is 0 Å². The average Bonchev–Trinajstić information content (AvgIpc) is 3.10. The van der Waals surface area contributed by atoms with Crippen molar-refractivity contribution in [3.8, 4) is 0 Å². The molecule has 47 heavy (non-hydrogen) atoms. The van der Waals surface area contributed by atoms with Crippen LogP contribution < -0.4 is 4.90 Å². The Labute approximate surface area is 302 Å². The van der Waals surface area contributed by atoms with Crippen LogP contribution >= 0.6 is 0 Å². The van der Waals surface area contributed by atoms with Crippen LogP contribution in [-0.4, -0.2) is 81.0 Å². The lowest BCUT2D eigenvalue weighted by atomic mass is 10.1. The zero-order valence-corrected chi connectivity index (χ0v) is 35.7. The molecule has 1 radical (unpaired) electrons. The number of rotatable bonds is 33. The van der Waals surface area contributed by atoms with Gasteiger partial charge in [0.15, 0.2) is 0 Å². The van der Waals surface area contributed by atoms with E-state index in [0.717, 1.165) is 0 Å². The van der Waals surface area contributed by atoms with Crippen LogP contribution in [0.3, 0.4) is 0 Å². The van der Waals surface area contributed by atoms with E-state index in [2.05, 4.69) is 81.1 Å². The summed E-state index contributed by atoms with van der Waals surface area (Å²) in [5.41, 5.74) is 0. The van der Waals surface area contributed by atoms with E-state index in [1.807, 2.05) is 0 Å². The Morgan fingerprint density at radius 1 is 0.234 bits per heavy atom. The highest BCUT2D eigenvalue weighted by molar-refractivity contribution is 4.63. The number of unbranched alkanes of at least 4 members (excludes halogenated alkanes) is 11. The molecule has 0 bridgehead atoms. The van der Waals surface area contributed by atoms with Gasteiger partial charge in [0.2, 0.25) is 0 Å². The summed E-state index contributed by atoms with van der Waals surface area (Å²) in [7, 11) is 0. The van der Waals surface area contributed by atoms with Gasteiger partial charge in [0.25, 0.3) is 0 Å². The maximum absolute atomic E-state index is 2.64. The molecule has 0 atom stereocenters. The molecule has 0 amide bonds. The molecule has 0 saturated heterocycles. The summed E-state index contributed by atoms with van der Waals surface area (Å²) in [5, 5.41) is 0. The Bertz CT molecular complexity index is 418. The zero-order chi connectivity index (χ0) is 35.9. The molecular weight excluding hydrogens is 571 g/mol. The average molecular weight is 670 g/mol. The largest absolute Gasteiger partial charge is 0.324 e. The van der Waals surface area contributed by atoms with Gasteiger partial charge in [-0.1, -0.05) is 147 Å². The predicted molar refractivity (Wildman–Crippen MR) is 220 cm³/mol. The van der Waals surface area contributed by atoms with E-state index >= 15 is 0 Å². The van der Waals surface area contributed by atoms with Crippen molar-refractivity contribution in [3.05, 3.63) is 0 Å². The summed E-state index contributed by atoms with van der Waals surface area (Å²) < 4.78 is 2.84. The first-order valence-electron chi connectivity index (χ1n) is 22.3. The molecule has 0 fully saturated rings. The van der Waals surface area contributed by atoms with Crippen LogP contribution in [0.25, 0.3) is 0 Å². The first kappa shape index (κ1) is 51.3. The predicted octanol–water partition coefficient (Wildman–Crippen LogP) is 13.5. The normalized spacial score (nSPS) is 11.7. The fraction of sp³-hybridized carbons (Fsp3) is 1.00. The zero-order valence-electron chi connectivity index (χ0n) is 35.7. The molecular formula is C44H99N3+3. The van der Waals surface area contributed by atoms with Gasteiger partial charge in [0.1, 0.15) is 19.6 Å². The molecule has 0 rings (SSSR count). The van der Waals surface area contributed by atoms with Crippen molar-refractivity contribution in [3.63, 3.8) is 0 Å². The highest BCUT2D eigenvalue weighted by Crippen LogP contribution is 2.17. The number of nitrogens with zero attached hydrogens (tertiary/aromatic N) is 3. The Kier molecular flexibility index (Phi) is 44.0. The van der Waals surface area contributed by atoms with Gasteiger partial charge in [-0.3, -0.25) is 0 Å². The second-order valence-corrected chi connectivity index (χ2v) is 15.2. The van der Waals surface area contributed by atoms with Crippen LogP contribution in [0.2, 0.25) is 0 Å². The monoisotopic (exact) mass is 670 g/mol. The summed E-state index contributed by atoms with van der Waals surface area (Å²) in [6.07, 6.45) is 30.2. The van der Waals surface area contributed by atoms with Gasteiger partial charge in [-0.05, 0) is 51.4 Å². The highest BCUT2D eigenvalue weighted by Gasteiger charge is 2.25. The van der Waals surface area contributed by atoms with Gasteiger partial charge >= 0.3 is 0 Å². The smallest absolute Gasteiger partial charge is 0.122 e. The standard InChI is InChI=1S/2C16H36N.C12H27N/c2*1-5-9-13-17(14-10-6-2,15-11-7-3)16-12-8-4;1-4-7-10-13(11-8-5-2)12-9-6-3/h2*5-16H2,1-4H3;4-12H2,1-3H3/q3*+1. The van der Waals surface area contributed by atoms with Crippen LogP contribution in [-0.2, 0) is 0 Å². The molecule has 0 heterocycles. The molecule has 3 nitrogen and oxygen atoms in total. The van der Waals surface area contributed by atoms with Crippen molar-refractivity contribution in [1.29, 1.82) is 0 Å². The summed E-state index contributed by atoms with van der Waals surface area (Å²) in [5.74, 6) is 0. The summed E-state index contributed by atoms with van der Waals surface area (Å²) in [6, 6.07) is 0. The molecule has 0 aromatic rings. The first-order chi connectivity index (χ1) is 22.8. The van der Waals surface area contributed by atoms with Gasteiger partial charge in [-0.2, -0.15) is 4.90 Å². The number of quaternary nitrogens is 2. The summed E-state index contributed by atoms with van der Waals surface area (Å²) in [6.45, 7) is 40.8. The SMILES string of the molecule is CCCC[N+](CCCC)(CCCC)CCCC.CCCC[N+](CCCC)(CCCC)CCCC.CCCC[N+](CCCC)CCCC. The van der Waals surface area contributed by atoms with Gasteiger partial charge in [0.05, 0.1) is 52.4 Å². The molecule has 0 N–H and O–H groups in total. The van der Waals surface area contributed by atoms with Crippen molar-refractivity contribution in [1.82, 2.24) is 4.90 Å². The second-order valence-electron chi connectivity index (χ2n) is 15.2. The molecule has 0 aliphatic carbocycles.